The van der Waals surface area contributed by atoms with E-state index >= 15 is 0 Å². The molecular formula is C22H28ClN3O2. The smallest absolute Gasteiger partial charge is 0.254 e. The maximum Gasteiger partial charge on any atom is 0.254 e. The molecule has 2 fully saturated rings. The number of amides is 2. The molecule has 150 valence electrons. The van der Waals surface area contributed by atoms with Crippen molar-refractivity contribution in [2.24, 2.45) is 5.92 Å². The van der Waals surface area contributed by atoms with E-state index in [0.717, 1.165) is 48.8 Å². The summed E-state index contributed by atoms with van der Waals surface area (Å²) in [4.78, 5) is 29.8. The Labute approximate surface area is 172 Å². The number of halogens is 1. The Morgan fingerprint density at radius 1 is 0.964 bits per heavy atom. The first-order valence-electron chi connectivity index (χ1n) is 9.92. The Hall–Kier alpha value is -2.11. The van der Waals surface area contributed by atoms with Crippen molar-refractivity contribution in [2.45, 2.75) is 25.8 Å². The second kappa shape index (κ2) is 8.93. The fraction of sp³-hybridized carbons (Fsp3) is 0.455. The molecule has 0 radical (unpaired) electrons. The van der Waals surface area contributed by atoms with Crippen LogP contribution in [0.5, 0.6) is 0 Å². The van der Waals surface area contributed by atoms with Gasteiger partial charge in [0.25, 0.3) is 5.91 Å². The summed E-state index contributed by atoms with van der Waals surface area (Å²) in [5.74, 6) is 0.390. The summed E-state index contributed by atoms with van der Waals surface area (Å²) < 4.78 is 0. The zero-order valence-corrected chi connectivity index (χ0v) is 17.1. The molecular weight excluding hydrogens is 374 g/mol. The van der Waals surface area contributed by atoms with Gasteiger partial charge in [-0.1, -0.05) is 36.4 Å². The number of carbonyl (C=O) groups is 2. The van der Waals surface area contributed by atoms with Crippen molar-refractivity contribution in [3.63, 3.8) is 0 Å². The summed E-state index contributed by atoms with van der Waals surface area (Å²) in [6, 6.07) is 14.2. The molecule has 0 aliphatic carbocycles. The molecule has 2 heterocycles. The van der Waals surface area contributed by atoms with Crippen LogP contribution in [0.1, 0.15) is 30.1 Å². The number of likely N-dealkylation sites (tertiary alicyclic amines) is 1. The Balaban J connectivity index is 0.00000225. The number of rotatable bonds is 2. The van der Waals surface area contributed by atoms with Crippen molar-refractivity contribution in [3.05, 3.63) is 48.0 Å². The third-order valence-electron chi connectivity index (χ3n) is 5.83. The Bertz CT molecular complexity index is 843. The highest BCUT2D eigenvalue weighted by molar-refractivity contribution is 6.07. The highest BCUT2D eigenvalue weighted by Gasteiger charge is 2.32. The monoisotopic (exact) mass is 401 g/mol. The van der Waals surface area contributed by atoms with Gasteiger partial charge in [0.15, 0.2) is 0 Å². The lowest BCUT2D eigenvalue weighted by atomic mass is 9.94. The largest absolute Gasteiger partial charge is 0.340 e. The fourth-order valence-electron chi connectivity index (χ4n) is 4.30. The molecule has 2 amide bonds. The van der Waals surface area contributed by atoms with E-state index in [0.29, 0.717) is 19.1 Å². The fourth-order valence-corrected chi connectivity index (χ4v) is 4.30. The number of hydrogen-bond donors (Lipinski definition) is 1. The normalized spacial score (nSPS) is 20.7. The first-order chi connectivity index (χ1) is 13.1. The van der Waals surface area contributed by atoms with Crippen LogP contribution in [0.4, 0.5) is 0 Å². The van der Waals surface area contributed by atoms with Gasteiger partial charge in [-0.25, -0.2) is 0 Å². The van der Waals surface area contributed by atoms with Crippen molar-refractivity contribution in [1.29, 1.82) is 0 Å². The SMILES string of the molecule is CC1CN(C(=O)C2CCN(C(=O)c3cccc4ccccc34)CC2)CCN1.Cl. The summed E-state index contributed by atoms with van der Waals surface area (Å²) in [6.07, 6.45) is 1.52. The molecule has 0 saturated carbocycles. The van der Waals surface area contributed by atoms with Crippen LogP contribution in [0.3, 0.4) is 0 Å². The number of fused-ring (bicyclic) bond motifs is 1. The van der Waals surface area contributed by atoms with Crippen molar-refractivity contribution >= 4 is 35.0 Å². The molecule has 0 bridgehead atoms. The van der Waals surface area contributed by atoms with E-state index in [1.54, 1.807) is 0 Å². The lowest BCUT2D eigenvalue weighted by Gasteiger charge is -2.37. The van der Waals surface area contributed by atoms with Crippen molar-refractivity contribution in [3.8, 4) is 0 Å². The van der Waals surface area contributed by atoms with E-state index in [1.165, 1.54) is 0 Å². The summed E-state index contributed by atoms with van der Waals surface area (Å²) in [7, 11) is 0. The second-order valence-electron chi connectivity index (χ2n) is 7.73. The molecule has 0 spiro atoms. The van der Waals surface area contributed by atoms with Gasteiger partial charge in [-0.15, -0.1) is 12.4 Å². The van der Waals surface area contributed by atoms with E-state index in [4.69, 9.17) is 0 Å². The Morgan fingerprint density at radius 3 is 2.43 bits per heavy atom. The molecule has 1 unspecified atom stereocenters. The van der Waals surface area contributed by atoms with Crippen LogP contribution in [0.15, 0.2) is 42.5 Å². The molecule has 2 aliphatic rings. The number of carbonyl (C=O) groups excluding carboxylic acids is 2. The first kappa shape index (κ1) is 20.6. The predicted octanol–water partition coefficient (Wildman–Crippen LogP) is 2.93. The average molecular weight is 402 g/mol. The highest BCUT2D eigenvalue weighted by Crippen LogP contribution is 2.25. The highest BCUT2D eigenvalue weighted by atomic mass is 35.5. The van der Waals surface area contributed by atoms with Gasteiger partial charge in [-0.05, 0) is 36.6 Å². The lowest BCUT2D eigenvalue weighted by molar-refractivity contribution is -0.138. The van der Waals surface area contributed by atoms with Crippen LogP contribution < -0.4 is 5.32 Å². The summed E-state index contributed by atoms with van der Waals surface area (Å²) in [5.41, 5.74) is 0.758. The zero-order valence-electron chi connectivity index (χ0n) is 16.3. The number of benzene rings is 2. The van der Waals surface area contributed by atoms with Crippen molar-refractivity contribution in [1.82, 2.24) is 15.1 Å². The minimum atomic E-state index is 0. The Morgan fingerprint density at radius 2 is 1.68 bits per heavy atom. The van der Waals surface area contributed by atoms with Gasteiger partial charge in [0.2, 0.25) is 5.91 Å². The molecule has 5 nitrogen and oxygen atoms in total. The molecule has 2 aliphatic heterocycles. The van der Waals surface area contributed by atoms with E-state index in [2.05, 4.69) is 12.2 Å². The second-order valence-corrected chi connectivity index (χ2v) is 7.73. The van der Waals surface area contributed by atoms with Gasteiger partial charge in [0, 0.05) is 50.2 Å². The lowest BCUT2D eigenvalue weighted by Crippen LogP contribution is -2.54. The van der Waals surface area contributed by atoms with Crippen LogP contribution in [0, 0.1) is 5.92 Å². The molecule has 1 N–H and O–H groups in total. The van der Waals surface area contributed by atoms with Gasteiger partial charge < -0.3 is 15.1 Å². The van der Waals surface area contributed by atoms with Crippen LogP contribution in [-0.4, -0.2) is 60.4 Å². The van der Waals surface area contributed by atoms with Crippen LogP contribution in [0.25, 0.3) is 10.8 Å². The predicted molar refractivity (Wildman–Crippen MR) is 114 cm³/mol. The maximum absolute atomic E-state index is 13.1. The number of piperidine rings is 1. The topological polar surface area (TPSA) is 52.7 Å². The number of nitrogens with zero attached hydrogens (tertiary/aromatic N) is 2. The zero-order chi connectivity index (χ0) is 18.8. The Kier molecular flexibility index (Phi) is 6.57. The first-order valence-corrected chi connectivity index (χ1v) is 9.92. The third kappa shape index (κ3) is 4.15. The number of hydrogen-bond acceptors (Lipinski definition) is 3. The van der Waals surface area contributed by atoms with Crippen LogP contribution >= 0.6 is 12.4 Å². The standard InChI is InChI=1S/C22H27N3O2.ClH/c1-16-15-25(14-11-23-16)21(26)18-9-12-24(13-10-18)22(27)20-8-4-6-17-5-2-3-7-19(17)20;/h2-8,16,18,23H,9-15H2,1H3;1H. The van der Waals surface area contributed by atoms with E-state index in [9.17, 15) is 9.59 Å². The molecule has 2 aromatic carbocycles. The van der Waals surface area contributed by atoms with Gasteiger partial charge in [-0.2, -0.15) is 0 Å². The molecule has 1 atom stereocenters. The maximum atomic E-state index is 13.1. The van der Waals surface area contributed by atoms with Gasteiger partial charge in [-0.3, -0.25) is 9.59 Å². The molecule has 0 aromatic heterocycles. The molecule has 2 saturated heterocycles. The molecule has 6 heteroatoms. The van der Waals surface area contributed by atoms with Gasteiger partial charge >= 0.3 is 0 Å². The number of nitrogens with one attached hydrogen (secondary N) is 1. The van der Waals surface area contributed by atoms with Gasteiger partial charge in [0.05, 0.1) is 0 Å². The summed E-state index contributed by atoms with van der Waals surface area (Å²) >= 11 is 0. The van der Waals surface area contributed by atoms with Crippen molar-refractivity contribution in [2.75, 3.05) is 32.7 Å². The van der Waals surface area contributed by atoms with Gasteiger partial charge in [0.1, 0.15) is 0 Å². The molecule has 2 aromatic rings. The van der Waals surface area contributed by atoms with Crippen LogP contribution in [0.2, 0.25) is 0 Å². The summed E-state index contributed by atoms with van der Waals surface area (Å²) in [5, 5.41) is 5.46. The van der Waals surface area contributed by atoms with Crippen molar-refractivity contribution < 1.29 is 9.59 Å². The molecule has 28 heavy (non-hydrogen) atoms. The third-order valence-corrected chi connectivity index (χ3v) is 5.83. The average Bonchev–Trinajstić information content (AvgIpc) is 2.72. The van der Waals surface area contributed by atoms with E-state index < -0.39 is 0 Å². The quantitative estimate of drug-likeness (QED) is 0.841. The van der Waals surface area contributed by atoms with E-state index in [-0.39, 0.29) is 30.1 Å². The van der Waals surface area contributed by atoms with Crippen LogP contribution in [-0.2, 0) is 4.79 Å². The number of piperazine rings is 1. The van der Waals surface area contributed by atoms with E-state index in [1.807, 2.05) is 52.3 Å². The minimum absolute atomic E-state index is 0. The molecule has 4 rings (SSSR count). The minimum Gasteiger partial charge on any atom is -0.340 e. The summed E-state index contributed by atoms with van der Waals surface area (Å²) in [6.45, 7) is 5.86.